The van der Waals surface area contributed by atoms with Gasteiger partial charge in [0.2, 0.25) is 5.91 Å². The van der Waals surface area contributed by atoms with E-state index in [4.69, 9.17) is 10.3 Å². The van der Waals surface area contributed by atoms with Crippen LogP contribution in [0.15, 0.2) is 4.52 Å². The number of hydrogen-bond acceptors (Lipinski definition) is 4. The zero-order valence-corrected chi connectivity index (χ0v) is 9.86. The maximum atomic E-state index is 11.7. The standard InChI is InChI=1S/C11H17N3O2/c1-4-14-9(15)5-8(12)11(14)10-6(2)13-16-7(10)3/h8,11H,4-5,12H2,1-3H3. The number of hydrogen-bond donors (Lipinski definition) is 1. The lowest BCUT2D eigenvalue weighted by Crippen LogP contribution is -2.33. The van der Waals surface area contributed by atoms with Gasteiger partial charge in [0.05, 0.1) is 11.7 Å². The van der Waals surface area contributed by atoms with Crippen molar-refractivity contribution < 1.29 is 9.32 Å². The molecule has 2 unspecified atom stereocenters. The van der Waals surface area contributed by atoms with Crippen LogP contribution >= 0.6 is 0 Å². The van der Waals surface area contributed by atoms with E-state index in [9.17, 15) is 4.79 Å². The summed E-state index contributed by atoms with van der Waals surface area (Å²) in [4.78, 5) is 13.5. The molecule has 0 spiro atoms. The van der Waals surface area contributed by atoms with Crippen molar-refractivity contribution in [1.29, 1.82) is 0 Å². The number of rotatable bonds is 2. The fourth-order valence-electron chi connectivity index (χ4n) is 2.47. The molecule has 1 aromatic rings. The van der Waals surface area contributed by atoms with E-state index in [0.29, 0.717) is 13.0 Å². The van der Waals surface area contributed by atoms with Crippen molar-refractivity contribution in [3.63, 3.8) is 0 Å². The van der Waals surface area contributed by atoms with Crippen molar-refractivity contribution in [3.8, 4) is 0 Å². The molecule has 2 N–H and O–H groups in total. The minimum Gasteiger partial charge on any atom is -0.361 e. The van der Waals surface area contributed by atoms with Crippen LogP contribution in [0.1, 0.15) is 36.4 Å². The summed E-state index contributed by atoms with van der Waals surface area (Å²) in [5.74, 6) is 0.867. The molecule has 2 atom stereocenters. The summed E-state index contributed by atoms with van der Waals surface area (Å²) in [6.45, 7) is 6.37. The summed E-state index contributed by atoms with van der Waals surface area (Å²) in [6.07, 6.45) is 0.405. The monoisotopic (exact) mass is 223 g/mol. The van der Waals surface area contributed by atoms with E-state index < -0.39 is 0 Å². The zero-order chi connectivity index (χ0) is 11.9. The number of nitrogens with zero attached hydrogens (tertiary/aromatic N) is 2. The van der Waals surface area contributed by atoms with Gasteiger partial charge in [-0.2, -0.15) is 0 Å². The number of aromatic nitrogens is 1. The summed E-state index contributed by atoms with van der Waals surface area (Å²) in [5.41, 5.74) is 7.83. The number of nitrogens with two attached hydrogens (primary N) is 1. The topological polar surface area (TPSA) is 72.4 Å². The first kappa shape index (κ1) is 11.1. The average molecular weight is 223 g/mol. The SMILES string of the molecule is CCN1C(=O)CC(N)C1c1c(C)noc1C. The van der Waals surface area contributed by atoms with Crippen molar-refractivity contribution in [3.05, 3.63) is 17.0 Å². The van der Waals surface area contributed by atoms with Gasteiger partial charge in [-0.15, -0.1) is 0 Å². The number of carbonyl (C=O) groups excluding carboxylic acids is 1. The van der Waals surface area contributed by atoms with Gasteiger partial charge >= 0.3 is 0 Å². The molecule has 1 amide bonds. The van der Waals surface area contributed by atoms with Crippen LogP contribution < -0.4 is 5.73 Å². The van der Waals surface area contributed by atoms with Crippen LogP contribution in [-0.2, 0) is 4.79 Å². The second kappa shape index (κ2) is 3.90. The van der Waals surface area contributed by atoms with Crippen molar-refractivity contribution in [2.24, 2.45) is 5.73 Å². The Morgan fingerprint density at radius 1 is 1.56 bits per heavy atom. The van der Waals surface area contributed by atoms with E-state index in [1.165, 1.54) is 0 Å². The van der Waals surface area contributed by atoms with Gasteiger partial charge < -0.3 is 15.2 Å². The van der Waals surface area contributed by atoms with Gasteiger partial charge in [0.25, 0.3) is 0 Å². The Hall–Kier alpha value is -1.36. The van der Waals surface area contributed by atoms with Crippen LogP contribution in [0.25, 0.3) is 0 Å². The van der Waals surface area contributed by atoms with Gasteiger partial charge in [0.15, 0.2) is 0 Å². The Morgan fingerprint density at radius 2 is 2.25 bits per heavy atom. The second-order valence-corrected chi connectivity index (χ2v) is 4.23. The summed E-state index contributed by atoms with van der Waals surface area (Å²) in [5, 5.41) is 3.92. The molecule has 0 bridgehead atoms. The van der Waals surface area contributed by atoms with Crippen LogP contribution in [0.3, 0.4) is 0 Å². The number of amides is 1. The Labute approximate surface area is 94.6 Å². The van der Waals surface area contributed by atoms with Crippen molar-refractivity contribution in [1.82, 2.24) is 10.1 Å². The van der Waals surface area contributed by atoms with Gasteiger partial charge in [0, 0.05) is 24.6 Å². The fourth-order valence-corrected chi connectivity index (χ4v) is 2.47. The minimum absolute atomic E-state index is 0.0799. The zero-order valence-electron chi connectivity index (χ0n) is 9.86. The fraction of sp³-hybridized carbons (Fsp3) is 0.636. The van der Waals surface area contributed by atoms with E-state index in [1.807, 2.05) is 20.8 Å². The molecule has 5 nitrogen and oxygen atoms in total. The predicted molar refractivity (Wildman–Crippen MR) is 58.7 cm³/mol. The van der Waals surface area contributed by atoms with Crippen molar-refractivity contribution in [2.75, 3.05) is 6.54 Å². The summed E-state index contributed by atoms with van der Waals surface area (Å²) < 4.78 is 5.14. The highest BCUT2D eigenvalue weighted by Crippen LogP contribution is 2.35. The molecule has 2 heterocycles. The number of aryl methyl sites for hydroxylation is 2. The van der Waals surface area contributed by atoms with Gasteiger partial charge in [-0.3, -0.25) is 4.79 Å². The van der Waals surface area contributed by atoms with E-state index in [0.717, 1.165) is 17.0 Å². The number of likely N-dealkylation sites (tertiary alicyclic amines) is 1. The minimum atomic E-state index is -0.163. The van der Waals surface area contributed by atoms with Gasteiger partial charge in [-0.05, 0) is 20.8 Å². The van der Waals surface area contributed by atoms with Gasteiger partial charge in [-0.1, -0.05) is 5.16 Å². The Kier molecular flexibility index (Phi) is 2.71. The van der Waals surface area contributed by atoms with E-state index >= 15 is 0 Å². The molecule has 0 aliphatic carbocycles. The molecule has 1 saturated heterocycles. The van der Waals surface area contributed by atoms with Gasteiger partial charge in [-0.25, -0.2) is 0 Å². The first-order valence-electron chi connectivity index (χ1n) is 5.54. The molecule has 1 aliphatic rings. The second-order valence-electron chi connectivity index (χ2n) is 4.23. The molecule has 0 saturated carbocycles. The maximum Gasteiger partial charge on any atom is 0.224 e. The number of likely N-dealkylation sites (N-methyl/N-ethyl adjacent to an activating group) is 1. The van der Waals surface area contributed by atoms with E-state index in [1.54, 1.807) is 4.90 Å². The average Bonchev–Trinajstić information content (AvgIpc) is 2.68. The lowest BCUT2D eigenvalue weighted by atomic mass is 9.99. The first-order valence-corrected chi connectivity index (χ1v) is 5.54. The summed E-state index contributed by atoms with van der Waals surface area (Å²) in [7, 11) is 0. The third kappa shape index (κ3) is 1.51. The summed E-state index contributed by atoms with van der Waals surface area (Å²) in [6, 6.07) is -0.243. The number of carbonyl (C=O) groups is 1. The van der Waals surface area contributed by atoms with Crippen LogP contribution in [-0.4, -0.2) is 28.6 Å². The van der Waals surface area contributed by atoms with Crippen LogP contribution in [0, 0.1) is 13.8 Å². The van der Waals surface area contributed by atoms with Crippen LogP contribution in [0.4, 0.5) is 0 Å². The summed E-state index contributed by atoms with van der Waals surface area (Å²) >= 11 is 0. The van der Waals surface area contributed by atoms with Crippen molar-refractivity contribution >= 4 is 5.91 Å². The third-order valence-electron chi connectivity index (χ3n) is 3.20. The highest BCUT2D eigenvalue weighted by Gasteiger charge is 2.40. The molecule has 0 aromatic carbocycles. The molecule has 16 heavy (non-hydrogen) atoms. The molecular formula is C11H17N3O2. The lowest BCUT2D eigenvalue weighted by Gasteiger charge is -2.25. The maximum absolute atomic E-state index is 11.7. The molecule has 88 valence electrons. The molecule has 5 heteroatoms. The molecule has 1 aromatic heterocycles. The van der Waals surface area contributed by atoms with Crippen LogP contribution in [0.2, 0.25) is 0 Å². The normalized spacial score (nSPS) is 25.5. The Morgan fingerprint density at radius 3 is 2.75 bits per heavy atom. The first-order chi connectivity index (χ1) is 7.56. The van der Waals surface area contributed by atoms with Gasteiger partial charge in [0.1, 0.15) is 5.76 Å². The predicted octanol–water partition coefficient (Wildman–Crippen LogP) is 0.912. The Balaban J connectivity index is 2.43. The molecule has 0 radical (unpaired) electrons. The molecular weight excluding hydrogens is 206 g/mol. The smallest absolute Gasteiger partial charge is 0.224 e. The highest BCUT2D eigenvalue weighted by atomic mass is 16.5. The molecule has 1 fully saturated rings. The highest BCUT2D eigenvalue weighted by molar-refractivity contribution is 5.80. The lowest BCUT2D eigenvalue weighted by molar-refractivity contribution is -0.128. The largest absolute Gasteiger partial charge is 0.361 e. The third-order valence-corrected chi connectivity index (χ3v) is 3.20. The quantitative estimate of drug-likeness (QED) is 0.809. The van der Waals surface area contributed by atoms with E-state index in [-0.39, 0.29) is 18.0 Å². The molecule has 1 aliphatic heterocycles. The van der Waals surface area contributed by atoms with Crippen molar-refractivity contribution in [2.45, 2.75) is 39.3 Å². The van der Waals surface area contributed by atoms with Crippen LogP contribution in [0.5, 0.6) is 0 Å². The van der Waals surface area contributed by atoms with E-state index in [2.05, 4.69) is 5.16 Å². The molecule has 2 rings (SSSR count). The Bertz CT molecular complexity index is 394.